The number of nitrogens with zero attached hydrogens (tertiary/aromatic N) is 2. The molecule has 1 unspecified atom stereocenters. The van der Waals surface area contributed by atoms with Crippen molar-refractivity contribution in [2.75, 3.05) is 7.05 Å². The van der Waals surface area contributed by atoms with Gasteiger partial charge in [0.05, 0.1) is 12.2 Å². The number of amides is 2. The molecule has 1 heterocycles. The summed E-state index contributed by atoms with van der Waals surface area (Å²) in [7, 11) is 1.84. The minimum Gasteiger partial charge on any atom is -0.359 e. The monoisotopic (exact) mass is 237 g/mol. The molecule has 1 aromatic rings. The fraction of sp³-hybridized carbons (Fsp3) is 0.667. The maximum absolute atomic E-state index is 11.8. The highest BCUT2D eigenvalue weighted by molar-refractivity contribution is 5.74. The van der Waals surface area contributed by atoms with Crippen LogP contribution in [-0.2, 0) is 6.54 Å². The SMILES string of the molecule is Cc1cc(CNC(=O)N(C)C(C)C2CC2)on1. The smallest absolute Gasteiger partial charge is 0.317 e. The van der Waals surface area contributed by atoms with Crippen molar-refractivity contribution in [2.24, 2.45) is 5.92 Å². The van der Waals surface area contributed by atoms with Gasteiger partial charge in [0.2, 0.25) is 0 Å². The summed E-state index contributed by atoms with van der Waals surface area (Å²) in [5.41, 5.74) is 0.828. The second kappa shape index (κ2) is 4.77. The van der Waals surface area contributed by atoms with Gasteiger partial charge in [-0.2, -0.15) is 0 Å². The number of hydrogen-bond donors (Lipinski definition) is 1. The summed E-state index contributed by atoms with van der Waals surface area (Å²) in [5.74, 6) is 1.36. The van der Waals surface area contributed by atoms with Crippen LogP contribution in [0.5, 0.6) is 0 Å². The molecule has 0 spiro atoms. The van der Waals surface area contributed by atoms with Crippen LogP contribution in [0.3, 0.4) is 0 Å². The fourth-order valence-corrected chi connectivity index (χ4v) is 1.87. The summed E-state index contributed by atoms with van der Waals surface area (Å²) >= 11 is 0. The van der Waals surface area contributed by atoms with Crippen LogP contribution >= 0.6 is 0 Å². The Balaban J connectivity index is 1.80. The lowest BCUT2D eigenvalue weighted by Crippen LogP contribution is -2.42. The van der Waals surface area contributed by atoms with Crippen LogP contribution in [0.2, 0.25) is 0 Å². The van der Waals surface area contributed by atoms with E-state index in [1.807, 2.05) is 20.0 Å². The van der Waals surface area contributed by atoms with Gasteiger partial charge in [0.15, 0.2) is 5.76 Å². The Bertz CT molecular complexity index is 398. The third-order valence-electron chi connectivity index (χ3n) is 3.33. The molecule has 1 aromatic heterocycles. The third kappa shape index (κ3) is 2.99. The maximum Gasteiger partial charge on any atom is 0.317 e. The molecular formula is C12H19N3O2. The van der Waals surface area contributed by atoms with Gasteiger partial charge in [-0.05, 0) is 32.6 Å². The zero-order valence-electron chi connectivity index (χ0n) is 10.6. The van der Waals surface area contributed by atoms with E-state index in [0.717, 1.165) is 5.69 Å². The highest BCUT2D eigenvalue weighted by Gasteiger charge is 2.32. The summed E-state index contributed by atoms with van der Waals surface area (Å²) in [6.07, 6.45) is 2.47. The predicted molar refractivity (Wildman–Crippen MR) is 63.4 cm³/mol. The number of rotatable bonds is 4. The van der Waals surface area contributed by atoms with Crippen LogP contribution in [0.1, 0.15) is 31.2 Å². The van der Waals surface area contributed by atoms with E-state index in [0.29, 0.717) is 24.3 Å². The second-order valence-corrected chi connectivity index (χ2v) is 4.78. The molecule has 0 aliphatic heterocycles. The van der Waals surface area contributed by atoms with E-state index in [9.17, 15) is 4.79 Å². The van der Waals surface area contributed by atoms with Crippen molar-refractivity contribution in [3.05, 3.63) is 17.5 Å². The van der Waals surface area contributed by atoms with Crippen molar-refractivity contribution in [1.29, 1.82) is 0 Å². The molecule has 1 saturated carbocycles. The fourth-order valence-electron chi connectivity index (χ4n) is 1.87. The predicted octanol–water partition coefficient (Wildman–Crippen LogP) is 1.92. The minimum atomic E-state index is -0.0570. The highest BCUT2D eigenvalue weighted by atomic mass is 16.5. The Labute approximate surface area is 101 Å². The number of carbonyl (C=O) groups is 1. The van der Waals surface area contributed by atoms with E-state index >= 15 is 0 Å². The topological polar surface area (TPSA) is 58.4 Å². The van der Waals surface area contributed by atoms with E-state index in [4.69, 9.17) is 4.52 Å². The van der Waals surface area contributed by atoms with Crippen LogP contribution in [0, 0.1) is 12.8 Å². The van der Waals surface area contributed by atoms with Gasteiger partial charge >= 0.3 is 6.03 Å². The Morgan fingerprint density at radius 3 is 2.94 bits per heavy atom. The van der Waals surface area contributed by atoms with Gasteiger partial charge in [0.25, 0.3) is 0 Å². The normalized spacial score (nSPS) is 16.6. The number of aromatic nitrogens is 1. The van der Waals surface area contributed by atoms with Crippen LogP contribution in [-0.4, -0.2) is 29.2 Å². The van der Waals surface area contributed by atoms with Crippen molar-refractivity contribution in [1.82, 2.24) is 15.4 Å². The van der Waals surface area contributed by atoms with Crippen LogP contribution in [0.25, 0.3) is 0 Å². The molecule has 2 rings (SSSR count). The van der Waals surface area contributed by atoms with Gasteiger partial charge in [0.1, 0.15) is 0 Å². The van der Waals surface area contributed by atoms with Crippen molar-refractivity contribution in [3.8, 4) is 0 Å². The molecule has 5 heteroatoms. The Morgan fingerprint density at radius 2 is 2.41 bits per heavy atom. The van der Waals surface area contributed by atoms with Gasteiger partial charge in [-0.25, -0.2) is 4.79 Å². The van der Waals surface area contributed by atoms with Crippen molar-refractivity contribution in [3.63, 3.8) is 0 Å². The first kappa shape index (κ1) is 12.0. The number of nitrogens with one attached hydrogen (secondary N) is 1. The first-order valence-corrected chi connectivity index (χ1v) is 6.01. The van der Waals surface area contributed by atoms with Gasteiger partial charge in [-0.1, -0.05) is 5.16 Å². The molecule has 1 fully saturated rings. The molecule has 1 aliphatic carbocycles. The average molecular weight is 237 g/mol. The molecule has 0 radical (unpaired) electrons. The van der Waals surface area contributed by atoms with Gasteiger partial charge in [-0.3, -0.25) is 0 Å². The molecular weight excluding hydrogens is 218 g/mol. The summed E-state index contributed by atoms with van der Waals surface area (Å²) in [6, 6.07) is 2.08. The lowest BCUT2D eigenvalue weighted by Gasteiger charge is -2.24. The quantitative estimate of drug-likeness (QED) is 0.870. The summed E-state index contributed by atoms with van der Waals surface area (Å²) in [5, 5.41) is 6.60. The van der Waals surface area contributed by atoms with Gasteiger partial charge < -0.3 is 14.7 Å². The highest BCUT2D eigenvalue weighted by Crippen LogP contribution is 2.34. The molecule has 1 aliphatic rings. The Kier molecular flexibility index (Phi) is 3.36. The number of hydrogen-bond acceptors (Lipinski definition) is 3. The molecule has 0 aromatic carbocycles. The lowest BCUT2D eigenvalue weighted by molar-refractivity contribution is 0.186. The number of urea groups is 1. The van der Waals surface area contributed by atoms with Gasteiger partial charge in [0, 0.05) is 19.2 Å². The van der Waals surface area contributed by atoms with Crippen LogP contribution < -0.4 is 5.32 Å². The largest absolute Gasteiger partial charge is 0.359 e. The number of aryl methyl sites for hydroxylation is 1. The summed E-state index contributed by atoms with van der Waals surface area (Å²) in [6.45, 7) is 4.34. The molecule has 5 nitrogen and oxygen atoms in total. The molecule has 0 saturated heterocycles. The molecule has 17 heavy (non-hydrogen) atoms. The van der Waals surface area contributed by atoms with Crippen LogP contribution in [0.4, 0.5) is 4.79 Å². The average Bonchev–Trinajstić information content (AvgIpc) is 3.08. The van der Waals surface area contributed by atoms with Crippen molar-refractivity contribution in [2.45, 2.75) is 39.3 Å². The first-order valence-electron chi connectivity index (χ1n) is 6.01. The van der Waals surface area contributed by atoms with E-state index in [1.165, 1.54) is 12.8 Å². The number of carbonyl (C=O) groups excluding carboxylic acids is 1. The Morgan fingerprint density at radius 1 is 1.71 bits per heavy atom. The molecule has 2 amide bonds. The van der Waals surface area contributed by atoms with E-state index in [1.54, 1.807) is 4.90 Å². The third-order valence-corrected chi connectivity index (χ3v) is 3.33. The zero-order chi connectivity index (χ0) is 12.4. The molecule has 94 valence electrons. The summed E-state index contributed by atoms with van der Waals surface area (Å²) in [4.78, 5) is 13.6. The standard InChI is InChI=1S/C12H19N3O2/c1-8-6-11(17-14-8)7-13-12(16)15(3)9(2)10-4-5-10/h6,9-10H,4-5,7H2,1-3H3,(H,13,16). The minimum absolute atomic E-state index is 0.0570. The lowest BCUT2D eigenvalue weighted by atomic mass is 10.2. The second-order valence-electron chi connectivity index (χ2n) is 4.78. The van der Waals surface area contributed by atoms with Crippen LogP contribution in [0.15, 0.2) is 10.6 Å². The molecule has 1 N–H and O–H groups in total. The first-order chi connectivity index (χ1) is 8.08. The van der Waals surface area contributed by atoms with Crippen molar-refractivity contribution < 1.29 is 9.32 Å². The molecule has 1 atom stereocenters. The van der Waals surface area contributed by atoms with Gasteiger partial charge in [-0.15, -0.1) is 0 Å². The van der Waals surface area contributed by atoms with E-state index in [2.05, 4.69) is 17.4 Å². The molecule has 0 bridgehead atoms. The van der Waals surface area contributed by atoms with Crippen molar-refractivity contribution >= 4 is 6.03 Å². The zero-order valence-corrected chi connectivity index (χ0v) is 10.6. The van der Waals surface area contributed by atoms with E-state index < -0.39 is 0 Å². The van der Waals surface area contributed by atoms with E-state index in [-0.39, 0.29) is 6.03 Å². The Hall–Kier alpha value is -1.52. The summed E-state index contributed by atoms with van der Waals surface area (Å²) < 4.78 is 5.03. The maximum atomic E-state index is 11.8.